The van der Waals surface area contributed by atoms with Gasteiger partial charge in [0.25, 0.3) is 6.43 Å². The maximum absolute atomic E-state index is 12.4. The molecule has 0 saturated heterocycles. The summed E-state index contributed by atoms with van der Waals surface area (Å²) in [6.07, 6.45) is -2.76. The molecule has 0 bridgehead atoms. The first-order valence-electron chi connectivity index (χ1n) is 3.96. The second kappa shape index (κ2) is 4.12. The van der Waals surface area contributed by atoms with Gasteiger partial charge in [-0.2, -0.15) is 0 Å². The molecule has 6 heteroatoms. The molecule has 0 saturated carbocycles. The Morgan fingerprint density at radius 1 is 1.53 bits per heavy atom. The van der Waals surface area contributed by atoms with E-state index < -0.39 is 18.0 Å². The highest BCUT2D eigenvalue weighted by Crippen LogP contribution is 2.32. The summed E-state index contributed by atoms with van der Waals surface area (Å²) in [5, 5.41) is 8.69. The highest BCUT2D eigenvalue weighted by molar-refractivity contribution is 5.94. The Kier molecular flexibility index (Phi) is 3.08. The lowest BCUT2D eigenvalue weighted by Crippen LogP contribution is -2.05. The van der Waals surface area contributed by atoms with E-state index in [0.717, 1.165) is 12.1 Å². The second-order valence-electron chi connectivity index (χ2n) is 2.79. The van der Waals surface area contributed by atoms with E-state index in [4.69, 9.17) is 10.8 Å². The number of hydrogen-bond acceptors (Lipinski definition) is 3. The Balaban J connectivity index is 3.35. The molecular weight excluding hydrogens is 208 g/mol. The monoisotopic (exact) mass is 217 g/mol. The van der Waals surface area contributed by atoms with Gasteiger partial charge in [0.05, 0.1) is 18.2 Å². The number of benzene rings is 1. The number of rotatable bonds is 3. The predicted octanol–water partition coefficient (Wildman–Crippen LogP) is 1.91. The maximum atomic E-state index is 12.4. The third-order valence-corrected chi connectivity index (χ3v) is 1.87. The van der Waals surface area contributed by atoms with Gasteiger partial charge in [0.15, 0.2) is 0 Å². The Morgan fingerprint density at radius 2 is 2.13 bits per heavy atom. The van der Waals surface area contributed by atoms with Crippen molar-refractivity contribution in [3.8, 4) is 5.75 Å². The summed E-state index contributed by atoms with van der Waals surface area (Å²) >= 11 is 0. The normalized spacial score (nSPS) is 10.4. The van der Waals surface area contributed by atoms with Gasteiger partial charge in [-0.05, 0) is 12.1 Å². The lowest BCUT2D eigenvalue weighted by atomic mass is 10.1. The molecule has 0 radical (unpaired) electrons. The molecule has 0 amide bonds. The van der Waals surface area contributed by atoms with E-state index in [9.17, 15) is 13.6 Å². The van der Waals surface area contributed by atoms with Gasteiger partial charge in [-0.15, -0.1) is 0 Å². The van der Waals surface area contributed by atoms with Crippen LogP contribution < -0.4 is 10.5 Å². The zero-order chi connectivity index (χ0) is 11.6. The van der Waals surface area contributed by atoms with Crippen LogP contribution in [0.2, 0.25) is 0 Å². The van der Waals surface area contributed by atoms with Gasteiger partial charge in [-0.25, -0.2) is 13.6 Å². The lowest BCUT2D eigenvalue weighted by molar-refractivity contribution is 0.0697. The van der Waals surface area contributed by atoms with Gasteiger partial charge in [0, 0.05) is 5.69 Å². The van der Waals surface area contributed by atoms with Crippen LogP contribution in [0.15, 0.2) is 12.1 Å². The Morgan fingerprint density at radius 3 is 2.53 bits per heavy atom. The summed E-state index contributed by atoms with van der Waals surface area (Å²) in [5.74, 6) is -1.47. The molecule has 0 heterocycles. The minimum absolute atomic E-state index is 0.184. The van der Waals surface area contributed by atoms with Crippen LogP contribution in [0.3, 0.4) is 0 Å². The summed E-state index contributed by atoms with van der Waals surface area (Å²) < 4.78 is 29.5. The van der Waals surface area contributed by atoms with Gasteiger partial charge in [0.2, 0.25) is 0 Å². The van der Waals surface area contributed by atoms with Crippen LogP contribution in [0.1, 0.15) is 22.3 Å². The van der Waals surface area contributed by atoms with E-state index in [0.29, 0.717) is 0 Å². The fourth-order valence-corrected chi connectivity index (χ4v) is 1.15. The first kappa shape index (κ1) is 11.2. The van der Waals surface area contributed by atoms with Crippen LogP contribution in [0.4, 0.5) is 14.5 Å². The van der Waals surface area contributed by atoms with Gasteiger partial charge >= 0.3 is 5.97 Å². The van der Waals surface area contributed by atoms with Crippen LogP contribution in [0, 0.1) is 0 Å². The van der Waals surface area contributed by atoms with E-state index in [1.807, 2.05) is 0 Å². The Hall–Kier alpha value is -1.85. The summed E-state index contributed by atoms with van der Waals surface area (Å²) in [6, 6.07) is 1.89. The smallest absolute Gasteiger partial charge is 0.337 e. The molecule has 3 N–H and O–H groups in total. The number of anilines is 1. The lowest BCUT2D eigenvalue weighted by Gasteiger charge is -2.10. The maximum Gasteiger partial charge on any atom is 0.337 e. The van der Waals surface area contributed by atoms with Crippen molar-refractivity contribution in [2.75, 3.05) is 12.8 Å². The molecule has 15 heavy (non-hydrogen) atoms. The molecule has 0 spiro atoms. The minimum atomic E-state index is -2.76. The molecule has 0 aromatic heterocycles. The average Bonchev–Trinajstić information content (AvgIpc) is 2.16. The summed E-state index contributed by atoms with van der Waals surface area (Å²) in [7, 11) is 1.18. The zero-order valence-corrected chi connectivity index (χ0v) is 7.83. The molecular formula is C9H9F2NO3. The van der Waals surface area contributed by atoms with Crippen molar-refractivity contribution in [2.45, 2.75) is 6.43 Å². The molecule has 1 aromatic rings. The number of ether oxygens (including phenoxy) is 1. The number of hydrogen-bond donors (Lipinski definition) is 2. The van der Waals surface area contributed by atoms with Crippen LogP contribution >= 0.6 is 0 Å². The van der Waals surface area contributed by atoms with Gasteiger partial charge in [0.1, 0.15) is 5.75 Å². The number of carboxylic acids is 1. The van der Waals surface area contributed by atoms with Crippen LogP contribution in [0.5, 0.6) is 5.75 Å². The number of alkyl halides is 2. The quantitative estimate of drug-likeness (QED) is 0.758. The number of carbonyl (C=O) groups is 1. The fourth-order valence-electron chi connectivity index (χ4n) is 1.15. The molecule has 0 unspecified atom stereocenters. The van der Waals surface area contributed by atoms with Crippen molar-refractivity contribution in [3.63, 3.8) is 0 Å². The van der Waals surface area contributed by atoms with E-state index in [1.54, 1.807) is 0 Å². The SMILES string of the molecule is COc1cc(C(=O)O)c(N)cc1C(F)F. The van der Waals surface area contributed by atoms with Crippen molar-refractivity contribution < 1.29 is 23.4 Å². The molecule has 0 aliphatic rings. The van der Waals surface area contributed by atoms with Crippen molar-refractivity contribution in [1.82, 2.24) is 0 Å². The molecule has 1 aromatic carbocycles. The second-order valence-corrected chi connectivity index (χ2v) is 2.79. The van der Waals surface area contributed by atoms with Crippen LogP contribution in [-0.2, 0) is 0 Å². The highest BCUT2D eigenvalue weighted by Gasteiger charge is 2.19. The van der Waals surface area contributed by atoms with E-state index >= 15 is 0 Å². The Bertz CT molecular complexity index is 393. The first-order chi connectivity index (χ1) is 6.97. The first-order valence-corrected chi connectivity index (χ1v) is 3.96. The number of nitrogens with two attached hydrogens (primary N) is 1. The molecule has 1 rings (SSSR count). The predicted molar refractivity (Wildman–Crippen MR) is 49.3 cm³/mol. The van der Waals surface area contributed by atoms with E-state index in [1.165, 1.54) is 7.11 Å². The van der Waals surface area contributed by atoms with Crippen LogP contribution in [-0.4, -0.2) is 18.2 Å². The summed E-state index contributed by atoms with van der Waals surface area (Å²) in [6.45, 7) is 0. The largest absolute Gasteiger partial charge is 0.496 e. The fraction of sp³-hybridized carbons (Fsp3) is 0.222. The van der Waals surface area contributed by atoms with E-state index in [2.05, 4.69) is 4.74 Å². The summed E-state index contributed by atoms with van der Waals surface area (Å²) in [5.41, 5.74) is 4.43. The highest BCUT2D eigenvalue weighted by atomic mass is 19.3. The number of methoxy groups -OCH3 is 1. The number of halogens is 2. The van der Waals surface area contributed by atoms with Crippen LogP contribution in [0.25, 0.3) is 0 Å². The molecule has 82 valence electrons. The molecule has 0 aliphatic heterocycles. The zero-order valence-electron chi connectivity index (χ0n) is 7.83. The summed E-state index contributed by atoms with van der Waals surface area (Å²) in [4.78, 5) is 10.6. The molecule has 0 aliphatic carbocycles. The van der Waals surface area contributed by atoms with E-state index in [-0.39, 0.29) is 17.0 Å². The van der Waals surface area contributed by atoms with Crippen molar-refractivity contribution in [1.29, 1.82) is 0 Å². The molecule has 4 nitrogen and oxygen atoms in total. The number of carboxylic acid groups (broad SMARTS) is 1. The van der Waals surface area contributed by atoms with Crippen molar-refractivity contribution in [3.05, 3.63) is 23.3 Å². The molecule has 0 atom stereocenters. The van der Waals surface area contributed by atoms with Crippen molar-refractivity contribution in [2.24, 2.45) is 0 Å². The van der Waals surface area contributed by atoms with Gasteiger partial charge < -0.3 is 15.6 Å². The topological polar surface area (TPSA) is 72.5 Å². The molecule has 0 fully saturated rings. The van der Waals surface area contributed by atoms with Gasteiger partial charge in [-0.3, -0.25) is 0 Å². The van der Waals surface area contributed by atoms with Crippen molar-refractivity contribution >= 4 is 11.7 Å². The number of nitrogen functional groups attached to an aromatic ring is 1. The standard InChI is InChI=1S/C9H9F2NO3/c1-15-7-3-4(9(13)14)6(12)2-5(7)8(10)11/h2-3,8H,12H2,1H3,(H,13,14). The third kappa shape index (κ3) is 2.15. The Labute approximate surface area is 84.3 Å². The third-order valence-electron chi connectivity index (χ3n) is 1.87. The van der Waals surface area contributed by atoms with Gasteiger partial charge in [-0.1, -0.05) is 0 Å². The number of aromatic carboxylic acids is 1. The average molecular weight is 217 g/mol. The minimum Gasteiger partial charge on any atom is -0.496 e.